The minimum atomic E-state index is -3.74. The van der Waals surface area contributed by atoms with Crippen molar-refractivity contribution in [2.75, 3.05) is 11.8 Å². The van der Waals surface area contributed by atoms with E-state index in [0.717, 1.165) is 11.3 Å². The molecule has 0 fully saturated rings. The van der Waals surface area contributed by atoms with Gasteiger partial charge in [-0.05, 0) is 73.2 Å². The summed E-state index contributed by atoms with van der Waals surface area (Å²) in [6.45, 7) is 1.88. The molecular formula is C22H21ClN2O4S. The van der Waals surface area contributed by atoms with Crippen LogP contribution in [0.25, 0.3) is 0 Å². The molecule has 1 atom stereocenters. The molecule has 3 aromatic rings. The van der Waals surface area contributed by atoms with Gasteiger partial charge in [0.05, 0.1) is 18.0 Å². The highest BCUT2D eigenvalue weighted by atomic mass is 35.5. The fraction of sp³-hybridized carbons (Fsp3) is 0.136. The lowest BCUT2D eigenvalue weighted by Gasteiger charge is -2.15. The molecule has 0 bridgehead atoms. The lowest BCUT2D eigenvalue weighted by molar-refractivity contribution is 0.0940. The summed E-state index contributed by atoms with van der Waals surface area (Å²) in [5, 5.41) is 3.37. The van der Waals surface area contributed by atoms with Crippen LogP contribution in [0.2, 0.25) is 5.02 Å². The number of hydrogen-bond donors (Lipinski definition) is 2. The van der Waals surface area contributed by atoms with Crippen LogP contribution >= 0.6 is 11.6 Å². The van der Waals surface area contributed by atoms with E-state index in [2.05, 4.69) is 10.0 Å². The Morgan fingerprint density at radius 1 is 0.933 bits per heavy atom. The van der Waals surface area contributed by atoms with E-state index < -0.39 is 10.0 Å². The molecule has 0 radical (unpaired) electrons. The predicted octanol–water partition coefficient (Wildman–Crippen LogP) is 4.64. The first-order valence-corrected chi connectivity index (χ1v) is 11.0. The lowest BCUT2D eigenvalue weighted by atomic mass is 10.1. The Morgan fingerprint density at radius 2 is 1.53 bits per heavy atom. The number of sulfonamides is 1. The van der Waals surface area contributed by atoms with Crippen molar-refractivity contribution < 1.29 is 17.9 Å². The Balaban J connectivity index is 1.65. The Labute approximate surface area is 180 Å². The number of amides is 1. The highest BCUT2D eigenvalue weighted by Crippen LogP contribution is 2.20. The SMILES string of the molecule is COc1ccc(C(C)NC(=O)c2ccc(NS(=O)(=O)c3ccc(Cl)cc3)cc2)cc1. The van der Waals surface area contributed by atoms with Crippen molar-refractivity contribution in [1.82, 2.24) is 5.32 Å². The first kappa shape index (κ1) is 21.7. The van der Waals surface area contributed by atoms with E-state index in [1.165, 1.54) is 24.3 Å². The van der Waals surface area contributed by atoms with Gasteiger partial charge in [-0.25, -0.2) is 8.42 Å². The Bertz CT molecular complexity index is 1110. The van der Waals surface area contributed by atoms with Crippen molar-refractivity contribution >= 4 is 33.2 Å². The molecule has 0 aliphatic heterocycles. The van der Waals surface area contributed by atoms with E-state index in [1.54, 1.807) is 31.4 Å². The highest BCUT2D eigenvalue weighted by molar-refractivity contribution is 7.92. The predicted molar refractivity (Wildman–Crippen MR) is 118 cm³/mol. The molecule has 0 saturated carbocycles. The van der Waals surface area contributed by atoms with Crippen LogP contribution in [-0.2, 0) is 10.0 Å². The summed E-state index contributed by atoms with van der Waals surface area (Å²) in [6.07, 6.45) is 0. The second-order valence-electron chi connectivity index (χ2n) is 6.61. The van der Waals surface area contributed by atoms with E-state index >= 15 is 0 Å². The van der Waals surface area contributed by atoms with E-state index in [4.69, 9.17) is 16.3 Å². The lowest BCUT2D eigenvalue weighted by Crippen LogP contribution is -2.26. The number of hydrogen-bond acceptors (Lipinski definition) is 4. The second-order valence-corrected chi connectivity index (χ2v) is 8.72. The zero-order chi connectivity index (χ0) is 21.7. The van der Waals surface area contributed by atoms with Crippen molar-refractivity contribution in [1.29, 1.82) is 0 Å². The second kappa shape index (κ2) is 9.19. The minimum Gasteiger partial charge on any atom is -0.497 e. The third-order valence-electron chi connectivity index (χ3n) is 4.49. The van der Waals surface area contributed by atoms with E-state index in [0.29, 0.717) is 16.3 Å². The van der Waals surface area contributed by atoms with Gasteiger partial charge in [-0.3, -0.25) is 9.52 Å². The van der Waals surface area contributed by atoms with Crippen LogP contribution in [0.4, 0.5) is 5.69 Å². The topological polar surface area (TPSA) is 84.5 Å². The molecule has 0 saturated heterocycles. The van der Waals surface area contributed by atoms with Gasteiger partial charge in [0.2, 0.25) is 0 Å². The molecule has 3 aromatic carbocycles. The summed E-state index contributed by atoms with van der Waals surface area (Å²) in [7, 11) is -2.15. The van der Waals surface area contributed by atoms with Gasteiger partial charge < -0.3 is 10.1 Å². The van der Waals surface area contributed by atoms with Crippen LogP contribution in [0.1, 0.15) is 28.9 Å². The van der Waals surface area contributed by atoms with Gasteiger partial charge in [-0.1, -0.05) is 23.7 Å². The Kier molecular flexibility index (Phi) is 6.64. The molecule has 30 heavy (non-hydrogen) atoms. The molecule has 6 nitrogen and oxygen atoms in total. The molecular weight excluding hydrogens is 424 g/mol. The maximum atomic E-state index is 12.5. The van der Waals surface area contributed by atoms with Crippen molar-refractivity contribution in [3.8, 4) is 5.75 Å². The summed E-state index contributed by atoms with van der Waals surface area (Å²) < 4.78 is 32.5. The molecule has 1 amide bonds. The van der Waals surface area contributed by atoms with Crippen LogP contribution in [0.5, 0.6) is 5.75 Å². The van der Waals surface area contributed by atoms with Gasteiger partial charge in [-0.15, -0.1) is 0 Å². The fourth-order valence-corrected chi connectivity index (χ4v) is 3.96. The first-order chi connectivity index (χ1) is 14.3. The Hall–Kier alpha value is -3.03. The normalized spacial score (nSPS) is 12.1. The molecule has 1 unspecified atom stereocenters. The molecule has 2 N–H and O–H groups in total. The van der Waals surface area contributed by atoms with Crippen molar-refractivity contribution in [3.63, 3.8) is 0 Å². The number of rotatable bonds is 7. The van der Waals surface area contributed by atoms with Gasteiger partial charge in [-0.2, -0.15) is 0 Å². The number of ether oxygens (including phenoxy) is 1. The molecule has 0 heterocycles. The van der Waals surface area contributed by atoms with Crippen LogP contribution in [-0.4, -0.2) is 21.4 Å². The van der Waals surface area contributed by atoms with Gasteiger partial charge in [0, 0.05) is 16.3 Å². The molecule has 0 aliphatic rings. The smallest absolute Gasteiger partial charge is 0.261 e. The molecule has 156 valence electrons. The average Bonchev–Trinajstić information content (AvgIpc) is 2.74. The number of anilines is 1. The third-order valence-corrected chi connectivity index (χ3v) is 6.14. The Morgan fingerprint density at radius 3 is 2.10 bits per heavy atom. The number of benzene rings is 3. The van der Waals surface area contributed by atoms with Crippen molar-refractivity contribution in [2.45, 2.75) is 17.9 Å². The monoisotopic (exact) mass is 444 g/mol. The standard InChI is InChI=1S/C22H21ClN2O4S/c1-15(16-5-11-20(29-2)12-6-16)24-22(26)17-3-9-19(10-4-17)25-30(27,28)21-13-7-18(23)8-14-21/h3-15,25H,1-2H3,(H,24,26). The molecule has 3 rings (SSSR count). The maximum Gasteiger partial charge on any atom is 0.261 e. The van der Waals surface area contributed by atoms with Crippen LogP contribution < -0.4 is 14.8 Å². The number of methoxy groups -OCH3 is 1. The van der Waals surface area contributed by atoms with Crippen LogP contribution in [0.15, 0.2) is 77.7 Å². The first-order valence-electron chi connectivity index (χ1n) is 9.12. The number of nitrogens with one attached hydrogen (secondary N) is 2. The number of carbonyl (C=O) groups excluding carboxylic acids is 1. The number of halogens is 1. The largest absolute Gasteiger partial charge is 0.497 e. The van der Waals surface area contributed by atoms with Gasteiger partial charge >= 0.3 is 0 Å². The van der Waals surface area contributed by atoms with Gasteiger partial charge in [0.1, 0.15) is 5.75 Å². The zero-order valence-corrected chi connectivity index (χ0v) is 18.0. The minimum absolute atomic E-state index is 0.0991. The molecule has 0 aliphatic carbocycles. The summed E-state index contributed by atoms with van der Waals surface area (Å²) in [5.41, 5.74) is 1.71. The summed E-state index contributed by atoms with van der Waals surface area (Å²) in [6, 6.07) is 19.3. The summed E-state index contributed by atoms with van der Waals surface area (Å²) in [4.78, 5) is 12.6. The van der Waals surface area contributed by atoms with Crippen LogP contribution in [0.3, 0.4) is 0 Å². The van der Waals surface area contributed by atoms with Crippen LogP contribution in [0, 0.1) is 0 Å². The molecule has 8 heteroatoms. The highest BCUT2D eigenvalue weighted by Gasteiger charge is 2.15. The van der Waals surface area contributed by atoms with E-state index in [9.17, 15) is 13.2 Å². The molecule has 0 aromatic heterocycles. The van der Waals surface area contributed by atoms with E-state index in [1.807, 2.05) is 31.2 Å². The summed E-state index contributed by atoms with van der Waals surface area (Å²) in [5.74, 6) is 0.486. The van der Waals surface area contributed by atoms with Crippen molar-refractivity contribution in [2.24, 2.45) is 0 Å². The average molecular weight is 445 g/mol. The quantitative estimate of drug-likeness (QED) is 0.556. The van der Waals surface area contributed by atoms with Gasteiger partial charge in [0.25, 0.3) is 15.9 Å². The third kappa shape index (κ3) is 5.31. The maximum absolute atomic E-state index is 12.5. The van der Waals surface area contributed by atoms with Gasteiger partial charge in [0.15, 0.2) is 0 Å². The fourth-order valence-electron chi connectivity index (χ4n) is 2.77. The molecule has 0 spiro atoms. The summed E-state index contributed by atoms with van der Waals surface area (Å²) >= 11 is 5.80. The number of carbonyl (C=O) groups is 1. The zero-order valence-electron chi connectivity index (χ0n) is 16.4. The van der Waals surface area contributed by atoms with E-state index in [-0.39, 0.29) is 16.8 Å². The van der Waals surface area contributed by atoms with Crippen molar-refractivity contribution in [3.05, 3.63) is 88.9 Å².